The van der Waals surface area contributed by atoms with E-state index in [1.807, 2.05) is 36.4 Å². The molecule has 0 heterocycles. The maximum absolute atomic E-state index is 12.2. The zero-order chi connectivity index (χ0) is 27.0. The van der Waals surface area contributed by atoms with Crippen LogP contribution >= 0.6 is 0 Å². The molecule has 0 atom stereocenters. The Morgan fingerprint density at radius 3 is 1.30 bits per heavy atom. The van der Waals surface area contributed by atoms with Gasteiger partial charge >= 0.3 is 11.9 Å². The van der Waals surface area contributed by atoms with Crippen LogP contribution in [0.4, 0.5) is 0 Å². The SMILES string of the molecule is CC(C)(CCCOCCCOCCCC(C)(C)CC(=O)Oc1ccccc1)CC(=O)Oc1ccccc1. The Labute approximate surface area is 222 Å². The summed E-state index contributed by atoms with van der Waals surface area (Å²) < 4.78 is 22.3. The molecule has 6 heteroatoms. The zero-order valence-electron chi connectivity index (χ0n) is 23.0. The minimum Gasteiger partial charge on any atom is -0.427 e. The van der Waals surface area contributed by atoms with Gasteiger partial charge in [0, 0.05) is 26.4 Å². The third-order valence-electron chi connectivity index (χ3n) is 6.06. The van der Waals surface area contributed by atoms with Crippen LogP contribution in [0, 0.1) is 10.8 Å². The molecule has 0 aromatic heterocycles. The van der Waals surface area contributed by atoms with E-state index >= 15 is 0 Å². The van der Waals surface area contributed by atoms with E-state index in [9.17, 15) is 9.59 Å². The van der Waals surface area contributed by atoms with Gasteiger partial charge in [0.1, 0.15) is 11.5 Å². The maximum atomic E-state index is 12.2. The lowest BCUT2D eigenvalue weighted by atomic mass is 9.84. The highest BCUT2D eigenvalue weighted by molar-refractivity contribution is 5.73. The van der Waals surface area contributed by atoms with E-state index in [1.165, 1.54) is 0 Å². The van der Waals surface area contributed by atoms with E-state index in [4.69, 9.17) is 18.9 Å². The van der Waals surface area contributed by atoms with Crippen LogP contribution in [0.2, 0.25) is 0 Å². The third-order valence-corrected chi connectivity index (χ3v) is 6.06. The molecule has 0 saturated heterocycles. The summed E-state index contributed by atoms with van der Waals surface area (Å²) in [5, 5.41) is 0. The predicted octanol–water partition coefficient (Wildman–Crippen LogP) is 7.01. The number of benzene rings is 2. The number of rotatable bonds is 18. The zero-order valence-corrected chi connectivity index (χ0v) is 23.0. The maximum Gasteiger partial charge on any atom is 0.311 e. The Balaban J connectivity index is 1.44. The van der Waals surface area contributed by atoms with Crippen molar-refractivity contribution in [2.24, 2.45) is 10.8 Å². The predicted molar refractivity (Wildman–Crippen MR) is 146 cm³/mol. The fraction of sp³-hybridized carbons (Fsp3) is 0.548. The van der Waals surface area contributed by atoms with E-state index in [1.54, 1.807) is 24.3 Å². The summed E-state index contributed by atoms with van der Waals surface area (Å²) >= 11 is 0. The normalized spacial score (nSPS) is 11.8. The summed E-state index contributed by atoms with van der Waals surface area (Å²) in [5.74, 6) is 0.761. The van der Waals surface area contributed by atoms with E-state index in [-0.39, 0.29) is 22.8 Å². The van der Waals surface area contributed by atoms with Crippen molar-refractivity contribution < 1.29 is 28.5 Å². The standard InChI is InChI=1S/C31H44O6/c1-30(2,24-28(32)36-26-14-7-5-8-15-26)18-11-20-34-22-13-23-35-21-12-19-31(3,4)25-29(33)37-27-16-9-6-10-17-27/h5-10,14-17H,11-13,18-25H2,1-4H3. The molecule has 2 aromatic carbocycles. The molecule has 2 rings (SSSR count). The second kappa shape index (κ2) is 16.2. The van der Waals surface area contributed by atoms with Gasteiger partial charge in [-0.15, -0.1) is 0 Å². The van der Waals surface area contributed by atoms with Crippen molar-refractivity contribution in [1.82, 2.24) is 0 Å². The number of hydrogen-bond acceptors (Lipinski definition) is 6. The minimum absolute atomic E-state index is 0.135. The van der Waals surface area contributed by atoms with Gasteiger partial charge in [-0.25, -0.2) is 0 Å². The summed E-state index contributed by atoms with van der Waals surface area (Å²) in [6, 6.07) is 18.3. The lowest BCUT2D eigenvalue weighted by molar-refractivity contribution is -0.137. The molecule has 0 aliphatic rings. The van der Waals surface area contributed by atoms with Crippen LogP contribution in [0.1, 0.15) is 72.6 Å². The molecular weight excluding hydrogens is 468 g/mol. The molecule has 0 unspecified atom stereocenters. The lowest BCUT2D eigenvalue weighted by Gasteiger charge is -2.23. The van der Waals surface area contributed by atoms with Crippen molar-refractivity contribution in [3.8, 4) is 11.5 Å². The van der Waals surface area contributed by atoms with Gasteiger partial charge in [0.05, 0.1) is 12.8 Å². The quantitative estimate of drug-likeness (QED) is 0.121. The van der Waals surface area contributed by atoms with Crippen LogP contribution < -0.4 is 9.47 Å². The Hall–Kier alpha value is -2.70. The molecule has 0 amide bonds. The number of ether oxygens (including phenoxy) is 4. The molecule has 0 aliphatic heterocycles. The number of carbonyl (C=O) groups is 2. The average molecular weight is 513 g/mol. The number of hydrogen-bond donors (Lipinski definition) is 0. The largest absolute Gasteiger partial charge is 0.427 e. The molecular formula is C31H44O6. The second-order valence-corrected chi connectivity index (χ2v) is 11.0. The number of esters is 2. The Morgan fingerprint density at radius 2 is 0.919 bits per heavy atom. The van der Waals surface area contributed by atoms with Crippen molar-refractivity contribution in [2.75, 3.05) is 26.4 Å². The first kappa shape index (κ1) is 30.5. The van der Waals surface area contributed by atoms with E-state index in [0.717, 1.165) is 32.1 Å². The summed E-state index contributed by atoms with van der Waals surface area (Å²) in [5.41, 5.74) is -0.269. The monoisotopic (exact) mass is 512 g/mol. The van der Waals surface area contributed by atoms with Crippen LogP contribution in [-0.4, -0.2) is 38.4 Å². The van der Waals surface area contributed by atoms with E-state index in [0.29, 0.717) is 50.8 Å². The van der Waals surface area contributed by atoms with Crippen LogP contribution in [0.15, 0.2) is 60.7 Å². The smallest absolute Gasteiger partial charge is 0.311 e. The van der Waals surface area contributed by atoms with E-state index in [2.05, 4.69) is 27.7 Å². The van der Waals surface area contributed by atoms with Gasteiger partial charge in [-0.05, 0) is 67.2 Å². The molecule has 6 nitrogen and oxygen atoms in total. The first-order chi connectivity index (χ1) is 17.7. The Morgan fingerprint density at radius 1 is 0.568 bits per heavy atom. The summed E-state index contributed by atoms with van der Waals surface area (Å²) in [7, 11) is 0. The van der Waals surface area contributed by atoms with Crippen molar-refractivity contribution in [3.05, 3.63) is 60.7 Å². The molecule has 0 spiro atoms. The van der Waals surface area contributed by atoms with Gasteiger partial charge < -0.3 is 18.9 Å². The summed E-state index contributed by atoms with van der Waals surface area (Å²) in [6.45, 7) is 11.0. The fourth-order valence-electron chi connectivity index (χ4n) is 4.04. The van der Waals surface area contributed by atoms with Crippen molar-refractivity contribution >= 4 is 11.9 Å². The van der Waals surface area contributed by atoms with Crippen molar-refractivity contribution in [1.29, 1.82) is 0 Å². The number of carbonyl (C=O) groups excluding carboxylic acids is 2. The highest BCUT2D eigenvalue weighted by Gasteiger charge is 2.24. The number of para-hydroxylation sites is 2. The van der Waals surface area contributed by atoms with Gasteiger partial charge in [-0.2, -0.15) is 0 Å². The highest BCUT2D eigenvalue weighted by atomic mass is 16.5. The highest BCUT2D eigenvalue weighted by Crippen LogP contribution is 2.28. The third kappa shape index (κ3) is 14.6. The van der Waals surface area contributed by atoms with Gasteiger partial charge in [0.25, 0.3) is 0 Å². The van der Waals surface area contributed by atoms with Crippen molar-refractivity contribution in [3.63, 3.8) is 0 Å². The molecule has 0 bridgehead atoms. The molecule has 0 N–H and O–H groups in total. The van der Waals surface area contributed by atoms with Gasteiger partial charge in [-0.3, -0.25) is 9.59 Å². The van der Waals surface area contributed by atoms with Gasteiger partial charge in [0.15, 0.2) is 0 Å². The van der Waals surface area contributed by atoms with E-state index < -0.39 is 0 Å². The summed E-state index contributed by atoms with van der Waals surface area (Å²) in [4.78, 5) is 24.4. The Bertz CT molecular complexity index is 832. The average Bonchev–Trinajstić information content (AvgIpc) is 2.83. The van der Waals surface area contributed by atoms with Crippen LogP contribution in [0.5, 0.6) is 11.5 Å². The first-order valence-corrected chi connectivity index (χ1v) is 13.3. The Kier molecular flexibility index (Phi) is 13.4. The molecule has 0 saturated carbocycles. The van der Waals surface area contributed by atoms with Gasteiger partial charge in [0.2, 0.25) is 0 Å². The molecule has 0 radical (unpaired) electrons. The fourth-order valence-corrected chi connectivity index (χ4v) is 4.04. The second-order valence-electron chi connectivity index (χ2n) is 11.0. The van der Waals surface area contributed by atoms with Gasteiger partial charge in [-0.1, -0.05) is 64.1 Å². The molecule has 204 valence electrons. The molecule has 0 aliphatic carbocycles. The molecule has 2 aromatic rings. The molecule has 37 heavy (non-hydrogen) atoms. The topological polar surface area (TPSA) is 71.1 Å². The molecule has 0 fully saturated rings. The minimum atomic E-state index is -0.204. The lowest BCUT2D eigenvalue weighted by Crippen LogP contribution is -2.21. The van der Waals surface area contributed by atoms with Crippen LogP contribution in [0.25, 0.3) is 0 Å². The summed E-state index contributed by atoms with van der Waals surface area (Å²) in [6.07, 6.45) is 5.17. The van der Waals surface area contributed by atoms with Crippen LogP contribution in [0.3, 0.4) is 0 Å². The first-order valence-electron chi connectivity index (χ1n) is 13.3. The van der Waals surface area contributed by atoms with Crippen LogP contribution in [-0.2, 0) is 19.1 Å². The van der Waals surface area contributed by atoms with Crippen molar-refractivity contribution in [2.45, 2.75) is 72.6 Å².